The first-order chi connectivity index (χ1) is 14.2. The van der Waals surface area contributed by atoms with Crippen molar-refractivity contribution >= 4 is 17.2 Å². The molecule has 2 aliphatic heterocycles. The number of hydrogen-bond acceptors (Lipinski definition) is 6. The quantitative estimate of drug-likeness (QED) is 0.729. The van der Waals surface area contributed by atoms with Crippen LogP contribution >= 0.6 is 11.3 Å². The molecule has 0 radical (unpaired) electrons. The molecule has 2 aromatic heterocycles. The van der Waals surface area contributed by atoms with Crippen LogP contribution in [0.1, 0.15) is 36.3 Å². The zero-order valence-corrected chi connectivity index (χ0v) is 18.1. The summed E-state index contributed by atoms with van der Waals surface area (Å²) in [6.45, 7) is 5.95. The molecule has 2 saturated heterocycles. The first-order valence-electron chi connectivity index (χ1n) is 10.7. The molecule has 4 heterocycles. The van der Waals surface area contributed by atoms with Gasteiger partial charge in [-0.15, -0.1) is 11.3 Å². The van der Waals surface area contributed by atoms with E-state index in [0.717, 1.165) is 50.6 Å². The Hall–Kier alpha value is -1.83. The van der Waals surface area contributed by atoms with Crippen molar-refractivity contribution in [3.63, 3.8) is 0 Å². The van der Waals surface area contributed by atoms with Gasteiger partial charge in [-0.1, -0.05) is 0 Å². The molecule has 0 spiro atoms. The van der Waals surface area contributed by atoms with Crippen LogP contribution < -0.4 is 0 Å². The summed E-state index contributed by atoms with van der Waals surface area (Å²) < 4.78 is 0. The van der Waals surface area contributed by atoms with Gasteiger partial charge < -0.3 is 4.90 Å². The molecular weight excluding hydrogens is 382 g/mol. The average molecular weight is 414 g/mol. The molecule has 0 aliphatic carbocycles. The van der Waals surface area contributed by atoms with Gasteiger partial charge in [0.1, 0.15) is 5.01 Å². The van der Waals surface area contributed by atoms with Gasteiger partial charge in [-0.25, -0.2) is 4.98 Å². The molecule has 2 fully saturated rings. The molecule has 0 saturated carbocycles. The summed E-state index contributed by atoms with van der Waals surface area (Å²) in [7, 11) is 1.92. The molecule has 0 N–H and O–H groups in total. The Morgan fingerprint density at radius 2 is 1.97 bits per heavy atom. The molecule has 6 nitrogen and oxygen atoms in total. The van der Waals surface area contributed by atoms with Crippen molar-refractivity contribution in [2.75, 3.05) is 33.2 Å². The maximum atomic E-state index is 13.0. The fraction of sp³-hybridized carbons (Fsp3) is 0.591. The lowest BCUT2D eigenvalue weighted by Gasteiger charge is -2.42. The van der Waals surface area contributed by atoms with Crippen molar-refractivity contribution in [3.8, 4) is 0 Å². The molecule has 1 amide bonds. The van der Waals surface area contributed by atoms with E-state index < -0.39 is 0 Å². The van der Waals surface area contributed by atoms with Crippen LogP contribution in [0.3, 0.4) is 0 Å². The van der Waals surface area contributed by atoms with Gasteiger partial charge in [0.05, 0.1) is 12.5 Å². The predicted octanol–water partition coefficient (Wildman–Crippen LogP) is 2.87. The molecule has 0 bridgehead atoms. The van der Waals surface area contributed by atoms with E-state index in [1.165, 1.54) is 18.4 Å². The molecule has 2 aliphatic rings. The summed E-state index contributed by atoms with van der Waals surface area (Å²) in [5.41, 5.74) is 1.34. The summed E-state index contributed by atoms with van der Waals surface area (Å²) in [5, 5.41) is 2.98. The van der Waals surface area contributed by atoms with Crippen molar-refractivity contribution < 1.29 is 4.79 Å². The first-order valence-corrected chi connectivity index (χ1v) is 11.6. The highest BCUT2D eigenvalue weighted by atomic mass is 32.1. The molecule has 1 unspecified atom stereocenters. The standard InChI is InChI=1S/C22H31N5OS/c1-25(17-21-24-10-14-29-21)22(28)19-3-2-11-27(16-19)20-6-12-26(13-7-20)15-18-4-8-23-9-5-18/h4-5,8-10,14,19-20H,2-3,6-7,11-13,15-17H2,1H3. The number of carbonyl (C=O) groups is 1. The number of rotatable bonds is 6. The Balaban J connectivity index is 1.26. The first kappa shape index (κ1) is 20.4. The van der Waals surface area contributed by atoms with Gasteiger partial charge >= 0.3 is 0 Å². The van der Waals surface area contributed by atoms with Gasteiger partial charge in [-0.2, -0.15) is 0 Å². The van der Waals surface area contributed by atoms with Crippen molar-refractivity contribution in [3.05, 3.63) is 46.7 Å². The number of aromatic nitrogens is 2. The number of piperidine rings is 2. The highest BCUT2D eigenvalue weighted by Crippen LogP contribution is 2.26. The highest BCUT2D eigenvalue weighted by Gasteiger charge is 2.32. The predicted molar refractivity (Wildman–Crippen MR) is 115 cm³/mol. The smallest absolute Gasteiger partial charge is 0.227 e. The molecule has 2 aromatic rings. The highest BCUT2D eigenvalue weighted by molar-refractivity contribution is 7.09. The second-order valence-electron chi connectivity index (χ2n) is 8.32. The zero-order valence-electron chi connectivity index (χ0n) is 17.2. The number of pyridine rings is 1. The molecule has 29 heavy (non-hydrogen) atoms. The third kappa shape index (κ3) is 5.41. The van der Waals surface area contributed by atoms with Crippen LogP contribution in [-0.4, -0.2) is 69.8 Å². The number of nitrogens with zero attached hydrogens (tertiary/aromatic N) is 5. The molecular formula is C22H31N5OS. The topological polar surface area (TPSA) is 52.6 Å². The summed E-state index contributed by atoms with van der Waals surface area (Å²) in [5.74, 6) is 0.406. The second kappa shape index (κ2) is 9.78. The van der Waals surface area contributed by atoms with Gasteiger partial charge in [0.25, 0.3) is 0 Å². The third-order valence-electron chi connectivity index (χ3n) is 6.26. The maximum absolute atomic E-state index is 13.0. The van der Waals surface area contributed by atoms with Gasteiger partial charge in [-0.3, -0.25) is 19.6 Å². The minimum Gasteiger partial charge on any atom is -0.339 e. The Kier molecular flexibility index (Phi) is 6.90. The van der Waals surface area contributed by atoms with Crippen LogP contribution in [0.4, 0.5) is 0 Å². The Labute approximate surface area is 177 Å². The van der Waals surface area contributed by atoms with Crippen molar-refractivity contribution in [2.24, 2.45) is 5.92 Å². The van der Waals surface area contributed by atoms with Crippen molar-refractivity contribution in [2.45, 2.75) is 44.8 Å². The number of thiazole rings is 1. The summed E-state index contributed by atoms with van der Waals surface area (Å²) in [6.07, 6.45) is 10.1. The van der Waals surface area contributed by atoms with Crippen LogP contribution in [0.2, 0.25) is 0 Å². The van der Waals surface area contributed by atoms with E-state index in [-0.39, 0.29) is 11.8 Å². The third-order valence-corrected chi connectivity index (χ3v) is 7.03. The lowest BCUT2D eigenvalue weighted by molar-refractivity contribution is -0.137. The zero-order chi connectivity index (χ0) is 20.1. The van der Waals surface area contributed by atoms with Crippen LogP contribution in [0.5, 0.6) is 0 Å². The average Bonchev–Trinajstić information content (AvgIpc) is 3.27. The van der Waals surface area contributed by atoms with Gasteiger partial charge in [0.2, 0.25) is 5.91 Å². The van der Waals surface area contributed by atoms with E-state index >= 15 is 0 Å². The number of carbonyl (C=O) groups excluding carboxylic acids is 1. The molecule has 7 heteroatoms. The normalized spacial score (nSPS) is 21.9. The van der Waals surface area contributed by atoms with E-state index in [1.54, 1.807) is 11.3 Å². The SMILES string of the molecule is CN(Cc1nccs1)C(=O)C1CCCN(C2CCN(Cc3ccncc3)CC2)C1. The summed E-state index contributed by atoms with van der Waals surface area (Å²) in [4.78, 5) is 28.4. The Morgan fingerprint density at radius 1 is 1.17 bits per heavy atom. The lowest BCUT2D eigenvalue weighted by Crippen LogP contribution is -2.50. The van der Waals surface area contributed by atoms with Gasteiger partial charge in [0, 0.05) is 50.1 Å². The molecule has 0 aromatic carbocycles. The fourth-order valence-electron chi connectivity index (χ4n) is 4.65. The van der Waals surface area contributed by atoms with Gasteiger partial charge in [0.15, 0.2) is 0 Å². The van der Waals surface area contributed by atoms with Crippen molar-refractivity contribution in [1.29, 1.82) is 0 Å². The number of amides is 1. The molecule has 156 valence electrons. The van der Waals surface area contributed by atoms with E-state index in [0.29, 0.717) is 12.6 Å². The van der Waals surface area contributed by atoms with Crippen LogP contribution in [-0.2, 0) is 17.9 Å². The maximum Gasteiger partial charge on any atom is 0.227 e. The largest absolute Gasteiger partial charge is 0.339 e. The molecule has 1 atom stereocenters. The minimum absolute atomic E-state index is 0.128. The number of likely N-dealkylation sites (tertiary alicyclic amines) is 2. The van der Waals surface area contributed by atoms with E-state index in [2.05, 4.69) is 31.9 Å². The van der Waals surface area contributed by atoms with E-state index in [4.69, 9.17) is 0 Å². The van der Waals surface area contributed by atoms with E-state index in [9.17, 15) is 4.79 Å². The van der Waals surface area contributed by atoms with Crippen molar-refractivity contribution in [1.82, 2.24) is 24.7 Å². The fourth-order valence-corrected chi connectivity index (χ4v) is 5.32. The minimum atomic E-state index is 0.128. The summed E-state index contributed by atoms with van der Waals surface area (Å²) >= 11 is 1.62. The summed E-state index contributed by atoms with van der Waals surface area (Å²) in [6, 6.07) is 4.83. The van der Waals surface area contributed by atoms with Gasteiger partial charge in [-0.05, 0) is 63.0 Å². The monoisotopic (exact) mass is 413 g/mol. The van der Waals surface area contributed by atoms with Crippen LogP contribution in [0.25, 0.3) is 0 Å². The second-order valence-corrected chi connectivity index (χ2v) is 9.30. The Bertz CT molecular complexity index is 761. The Morgan fingerprint density at radius 3 is 2.69 bits per heavy atom. The molecule has 4 rings (SSSR count). The number of hydrogen-bond donors (Lipinski definition) is 0. The van der Waals surface area contributed by atoms with Crippen LogP contribution in [0.15, 0.2) is 36.1 Å². The lowest BCUT2D eigenvalue weighted by atomic mass is 9.93. The van der Waals surface area contributed by atoms with E-state index in [1.807, 2.05) is 35.9 Å². The van der Waals surface area contributed by atoms with Crippen LogP contribution in [0, 0.1) is 5.92 Å².